The fourth-order valence-electron chi connectivity index (χ4n) is 2.24. The normalized spacial score (nSPS) is 24.2. The lowest BCUT2D eigenvalue weighted by molar-refractivity contribution is -0.150. The van der Waals surface area contributed by atoms with Gasteiger partial charge in [0.1, 0.15) is 12.0 Å². The number of nitrogens with two attached hydrogens (primary N) is 1. The molecule has 3 atom stereocenters. The highest BCUT2D eigenvalue weighted by Crippen LogP contribution is 2.30. The number of hydrogen-bond donors (Lipinski definition) is 2. The van der Waals surface area contributed by atoms with Gasteiger partial charge in [-0.05, 0) is 12.5 Å². The van der Waals surface area contributed by atoms with E-state index < -0.39 is 41.7 Å². The number of likely N-dealkylation sites (tertiary alicyclic amines) is 1. The number of amides is 2. The number of aliphatic carboxylic acids is 1. The number of primary amides is 1. The van der Waals surface area contributed by atoms with Crippen LogP contribution < -0.4 is 5.73 Å². The van der Waals surface area contributed by atoms with Crippen LogP contribution in [0.25, 0.3) is 0 Å². The minimum atomic E-state index is -2.06. The first kappa shape index (κ1) is 15.1. The quantitative estimate of drug-likeness (QED) is 0.700. The van der Waals surface area contributed by atoms with Crippen LogP contribution in [-0.4, -0.2) is 40.4 Å². The van der Waals surface area contributed by atoms with Crippen molar-refractivity contribution in [2.75, 3.05) is 6.54 Å². The van der Waals surface area contributed by atoms with Crippen molar-refractivity contribution in [3.8, 4) is 0 Å². The molecule has 1 rings (SSSR count). The molecule has 1 aliphatic heterocycles. The number of carboxylic acids is 1. The Morgan fingerprint density at radius 3 is 2.53 bits per heavy atom. The van der Waals surface area contributed by atoms with E-state index in [2.05, 4.69) is 0 Å². The molecule has 1 fully saturated rings. The van der Waals surface area contributed by atoms with Gasteiger partial charge in [0.25, 0.3) is 6.08 Å². The van der Waals surface area contributed by atoms with E-state index in [1.807, 2.05) is 0 Å². The van der Waals surface area contributed by atoms with Crippen LogP contribution in [0, 0.1) is 11.8 Å². The van der Waals surface area contributed by atoms with Gasteiger partial charge in [-0.15, -0.1) is 0 Å². The van der Waals surface area contributed by atoms with Crippen LogP contribution in [0.5, 0.6) is 0 Å². The van der Waals surface area contributed by atoms with Gasteiger partial charge in [-0.2, -0.15) is 8.78 Å². The van der Waals surface area contributed by atoms with E-state index in [9.17, 15) is 23.2 Å². The molecule has 0 aliphatic carbocycles. The smallest absolute Gasteiger partial charge is 0.316 e. The van der Waals surface area contributed by atoms with Crippen molar-refractivity contribution in [2.45, 2.75) is 19.4 Å². The van der Waals surface area contributed by atoms with Crippen molar-refractivity contribution in [2.24, 2.45) is 17.6 Å². The van der Waals surface area contributed by atoms with Crippen LogP contribution in [0.3, 0.4) is 0 Å². The average Bonchev–Trinajstić information content (AvgIpc) is 2.55. The molecule has 1 heterocycles. The first-order chi connectivity index (χ1) is 8.79. The van der Waals surface area contributed by atoms with Crippen molar-refractivity contribution in [1.82, 2.24) is 4.90 Å². The topological polar surface area (TPSA) is 101 Å². The van der Waals surface area contributed by atoms with E-state index in [0.717, 1.165) is 4.90 Å². The molecular formula is C11H14F2N2O4. The zero-order valence-electron chi connectivity index (χ0n) is 10.2. The lowest BCUT2D eigenvalue weighted by atomic mass is 9.96. The van der Waals surface area contributed by atoms with Gasteiger partial charge in [0, 0.05) is 12.5 Å². The van der Waals surface area contributed by atoms with Crippen molar-refractivity contribution in [1.29, 1.82) is 0 Å². The van der Waals surface area contributed by atoms with Gasteiger partial charge in [-0.25, -0.2) is 0 Å². The molecule has 0 aromatic heterocycles. The van der Waals surface area contributed by atoms with Crippen molar-refractivity contribution in [3.05, 3.63) is 12.2 Å². The summed E-state index contributed by atoms with van der Waals surface area (Å²) in [5, 5.41) is 8.94. The second-order valence-electron chi connectivity index (χ2n) is 4.25. The molecule has 0 saturated carbocycles. The number of rotatable bonds is 5. The molecule has 0 bridgehead atoms. The zero-order chi connectivity index (χ0) is 14.7. The second kappa shape index (κ2) is 5.77. The van der Waals surface area contributed by atoms with E-state index in [1.165, 1.54) is 0 Å². The molecule has 0 aromatic rings. The monoisotopic (exact) mass is 276 g/mol. The minimum absolute atomic E-state index is 0.196. The highest BCUT2D eigenvalue weighted by molar-refractivity contribution is 6.01. The third kappa shape index (κ3) is 3.07. The van der Waals surface area contributed by atoms with Gasteiger partial charge in [-0.1, -0.05) is 6.92 Å². The molecule has 0 aromatic carbocycles. The summed E-state index contributed by atoms with van der Waals surface area (Å²) in [6.07, 6.45) is -1.43. The number of carbonyl (C=O) groups is 3. The number of carbonyl (C=O) groups excluding carboxylic acids is 2. The fourth-order valence-corrected chi connectivity index (χ4v) is 2.24. The van der Waals surface area contributed by atoms with Gasteiger partial charge in [0.15, 0.2) is 0 Å². The number of halogens is 2. The summed E-state index contributed by atoms with van der Waals surface area (Å²) in [7, 11) is 0. The largest absolute Gasteiger partial charge is 0.481 e. The standard InChI is InChI=1S/C11H14F2N2O4/c1-2-6(9(14)16)15-4-5(3-7(12)13)8(10(15)17)11(18)19/h3,5-6,8H,2,4H2,1H3,(H2,14,16)(H,18,19). The van der Waals surface area contributed by atoms with Gasteiger partial charge in [0.05, 0.1) is 0 Å². The Balaban J connectivity index is 3.07. The van der Waals surface area contributed by atoms with Gasteiger partial charge in [0.2, 0.25) is 11.8 Å². The van der Waals surface area contributed by atoms with E-state index in [4.69, 9.17) is 10.8 Å². The summed E-state index contributed by atoms with van der Waals surface area (Å²) >= 11 is 0. The molecule has 6 nitrogen and oxygen atoms in total. The van der Waals surface area contributed by atoms with Crippen LogP contribution in [0.1, 0.15) is 13.3 Å². The van der Waals surface area contributed by atoms with E-state index in [1.54, 1.807) is 6.92 Å². The maximum atomic E-state index is 12.3. The molecule has 3 unspecified atom stereocenters. The fraction of sp³-hybridized carbons (Fsp3) is 0.545. The summed E-state index contributed by atoms with van der Waals surface area (Å²) in [5.74, 6) is -5.90. The molecule has 8 heteroatoms. The highest BCUT2D eigenvalue weighted by atomic mass is 19.3. The van der Waals surface area contributed by atoms with E-state index in [-0.39, 0.29) is 13.0 Å². The second-order valence-corrected chi connectivity index (χ2v) is 4.25. The predicted molar refractivity (Wildman–Crippen MR) is 59.9 cm³/mol. The summed E-state index contributed by atoms with van der Waals surface area (Å²) in [6.45, 7) is 1.34. The summed E-state index contributed by atoms with van der Waals surface area (Å²) < 4.78 is 24.5. The summed E-state index contributed by atoms with van der Waals surface area (Å²) in [4.78, 5) is 35.0. The van der Waals surface area contributed by atoms with Gasteiger partial charge < -0.3 is 15.7 Å². The number of hydrogen-bond acceptors (Lipinski definition) is 3. The molecular weight excluding hydrogens is 262 g/mol. The minimum Gasteiger partial charge on any atom is -0.481 e. The maximum Gasteiger partial charge on any atom is 0.316 e. The van der Waals surface area contributed by atoms with Crippen molar-refractivity contribution in [3.63, 3.8) is 0 Å². The Morgan fingerprint density at radius 2 is 2.16 bits per heavy atom. The lowest BCUT2D eigenvalue weighted by Gasteiger charge is -2.24. The molecule has 0 spiro atoms. The van der Waals surface area contributed by atoms with Gasteiger partial charge >= 0.3 is 5.97 Å². The SMILES string of the molecule is CCC(C(N)=O)N1CC(C=C(F)F)C(C(=O)O)C1=O. The Bertz CT molecular complexity index is 434. The molecule has 106 valence electrons. The third-order valence-electron chi connectivity index (χ3n) is 3.08. The van der Waals surface area contributed by atoms with Gasteiger partial charge in [-0.3, -0.25) is 14.4 Å². The van der Waals surface area contributed by atoms with Crippen LogP contribution >= 0.6 is 0 Å². The maximum absolute atomic E-state index is 12.3. The Labute approximate surface area is 107 Å². The van der Waals surface area contributed by atoms with E-state index in [0.29, 0.717) is 6.08 Å². The van der Waals surface area contributed by atoms with Crippen LogP contribution in [-0.2, 0) is 14.4 Å². The Morgan fingerprint density at radius 1 is 1.58 bits per heavy atom. The molecule has 19 heavy (non-hydrogen) atoms. The first-order valence-electron chi connectivity index (χ1n) is 5.65. The van der Waals surface area contributed by atoms with Crippen molar-refractivity contribution >= 4 is 17.8 Å². The number of nitrogens with zero attached hydrogens (tertiary/aromatic N) is 1. The number of carboxylic acid groups (broad SMARTS) is 1. The average molecular weight is 276 g/mol. The predicted octanol–water partition coefficient (Wildman–Crippen LogP) is 0.190. The third-order valence-corrected chi connectivity index (χ3v) is 3.08. The summed E-state index contributed by atoms with van der Waals surface area (Å²) in [6, 6.07) is -0.976. The Kier molecular flexibility index (Phi) is 4.57. The lowest BCUT2D eigenvalue weighted by Crippen LogP contribution is -2.46. The highest BCUT2D eigenvalue weighted by Gasteiger charge is 2.47. The molecule has 3 N–H and O–H groups in total. The molecule has 0 radical (unpaired) electrons. The Hall–Kier alpha value is -1.99. The van der Waals surface area contributed by atoms with Crippen LogP contribution in [0.2, 0.25) is 0 Å². The first-order valence-corrected chi connectivity index (χ1v) is 5.65. The van der Waals surface area contributed by atoms with Crippen LogP contribution in [0.15, 0.2) is 12.2 Å². The molecule has 1 aliphatic rings. The van der Waals surface area contributed by atoms with E-state index >= 15 is 0 Å². The summed E-state index contributed by atoms with van der Waals surface area (Å²) in [5.41, 5.74) is 5.11. The van der Waals surface area contributed by atoms with Crippen molar-refractivity contribution < 1.29 is 28.3 Å². The van der Waals surface area contributed by atoms with Crippen LogP contribution in [0.4, 0.5) is 8.78 Å². The molecule has 1 saturated heterocycles. The molecule has 2 amide bonds. The zero-order valence-corrected chi connectivity index (χ0v) is 10.2.